The molecule has 6 nitrogen and oxygen atoms in total. The molecule has 156 valence electrons. The molecule has 0 saturated heterocycles. The summed E-state index contributed by atoms with van der Waals surface area (Å²) >= 11 is 1.29. The average molecular weight is 423 g/mol. The summed E-state index contributed by atoms with van der Waals surface area (Å²) in [7, 11) is 0. The monoisotopic (exact) mass is 422 g/mol. The van der Waals surface area contributed by atoms with Crippen molar-refractivity contribution >= 4 is 28.6 Å². The minimum atomic E-state index is -0.378. The first kappa shape index (κ1) is 20.6. The van der Waals surface area contributed by atoms with E-state index in [1.165, 1.54) is 22.7 Å². The van der Waals surface area contributed by atoms with Crippen LogP contribution < -0.4 is 10.9 Å². The van der Waals surface area contributed by atoms with Gasteiger partial charge in [-0.25, -0.2) is 14.5 Å². The third kappa shape index (κ3) is 4.41. The fourth-order valence-electron chi connectivity index (χ4n) is 3.76. The molecule has 0 radical (unpaired) electrons. The van der Waals surface area contributed by atoms with Gasteiger partial charge in [-0.05, 0) is 50.5 Å². The zero-order valence-corrected chi connectivity index (χ0v) is 18.1. The molecule has 1 fully saturated rings. The first-order valence-corrected chi connectivity index (χ1v) is 11.3. The lowest BCUT2D eigenvalue weighted by Crippen LogP contribution is -2.40. The van der Waals surface area contributed by atoms with Crippen LogP contribution in [-0.2, 0) is 4.79 Å². The van der Waals surface area contributed by atoms with Gasteiger partial charge >= 0.3 is 0 Å². The lowest BCUT2D eigenvalue weighted by molar-refractivity contribution is -0.121. The molecule has 1 N–H and O–H groups in total. The number of hydrogen-bond donors (Lipinski definition) is 1. The highest BCUT2D eigenvalue weighted by Gasteiger charge is 2.23. The van der Waals surface area contributed by atoms with Gasteiger partial charge < -0.3 is 5.32 Å². The normalized spacial score (nSPS) is 15.8. The van der Waals surface area contributed by atoms with Crippen LogP contribution in [0.5, 0.6) is 0 Å². The molecule has 3 aromatic rings. The van der Waals surface area contributed by atoms with Crippen molar-refractivity contribution in [2.24, 2.45) is 0 Å². The summed E-state index contributed by atoms with van der Waals surface area (Å²) in [5.41, 5.74) is 1.45. The highest BCUT2D eigenvalue weighted by molar-refractivity contribution is 8.00. The van der Waals surface area contributed by atoms with Crippen LogP contribution in [0.4, 0.5) is 0 Å². The van der Waals surface area contributed by atoms with Gasteiger partial charge in [0.25, 0.3) is 5.56 Å². The average Bonchev–Trinajstić information content (AvgIpc) is 2.76. The second-order valence-corrected chi connectivity index (χ2v) is 9.16. The van der Waals surface area contributed by atoms with Crippen molar-refractivity contribution < 1.29 is 4.79 Å². The summed E-state index contributed by atoms with van der Waals surface area (Å²) in [5.74, 6) is 0.490. The molecule has 1 aliphatic carbocycles. The fourth-order valence-corrected chi connectivity index (χ4v) is 4.69. The molecule has 2 aromatic heterocycles. The Balaban J connectivity index is 1.68. The molecular formula is C23H26N4O2S. The summed E-state index contributed by atoms with van der Waals surface area (Å²) in [4.78, 5) is 35.2. The number of carbonyl (C=O) groups excluding carboxylic acids is 1. The first-order valence-electron chi connectivity index (χ1n) is 10.4. The van der Waals surface area contributed by atoms with Gasteiger partial charge in [0.1, 0.15) is 5.82 Å². The van der Waals surface area contributed by atoms with Gasteiger partial charge in [0.15, 0.2) is 5.16 Å². The van der Waals surface area contributed by atoms with Gasteiger partial charge in [-0.1, -0.05) is 49.2 Å². The summed E-state index contributed by atoms with van der Waals surface area (Å²) in [6.45, 7) is 3.81. The molecule has 0 spiro atoms. The Morgan fingerprint density at radius 2 is 1.93 bits per heavy atom. The topological polar surface area (TPSA) is 76.9 Å². The Morgan fingerprint density at radius 3 is 2.67 bits per heavy atom. The van der Waals surface area contributed by atoms with E-state index in [1.54, 1.807) is 12.3 Å². The number of pyridine rings is 1. The summed E-state index contributed by atoms with van der Waals surface area (Å²) < 4.78 is 1.51. The molecule has 0 aliphatic heterocycles. The number of hydrogen-bond acceptors (Lipinski definition) is 5. The van der Waals surface area contributed by atoms with Gasteiger partial charge in [-0.15, -0.1) is 0 Å². The standard InChI is InChI=1S/C23H26N4O2S/c1-15-12-13-20(24-14-15)27-22(29)18-10-6-7-11-19(18)26-23(27)30-16(2)21(28)25-17-8-4-3-5-9-17/h6-7,10-14,16-17H,3-5,8-9H2,1-2H3,(H,25,28). The summed E-state index contributed by atoms with van der Waals surface area (Å²) in [6.07, 6.45) is 7.37. The van der Waals surface area contributed by atoms with Crippen LogP contribution in [0.15, 0.2) is 52.5 Å². The Bertz CT molecular complexity index is 1100. The SMILES string of the molecule is Cc1ccc(-n2c(SC(C)C(=O)NC3CCCCC3)nc3ccccc3c2=O)nc1. The van der Waals surface area contributed by atoms with Gasteiger partial charge in [0.05, 0.1) is 16.2 Å². The van der Waals surface area contributed by atoms with E-state index in [0.717, 1.165) is 31.2 Å². The first-order chi connectivity index (χ1) is 14.5. The largest absolute Gasteiger partial charge is 0.352 e. The summed E-state index contributed by atoms with van der Waals surface area (Å²) in [6, 6.07) is 11.2. The van der Waals surface area contributed by atoms with E-state index in [9.17, 15) is 9.59 Å². The van der Waals surface area contributed by atoms with Crippen LogP contribution in [0, 0.1) is 6.92 Å². The van der Waals surface area contributed by atoms with E-state index in [4.69, 9.17) is 4.98 Å². The van der Waals surface area contributed by atoms with Crippen LogP contribution in [0.25, 0.3) is 16.7 Å². The van der Waals surface area contributed by atoms with E-state index in [2.05, 4.69) is 10.3 Å². The maximum absolute atomic E-state index is 13.3. The van der Waals surface area contributed by atoms with Crippen molar-refractivity contribution in [1.82, 2.24) is 19.9 Å². The number of thioether (sulfide) groups is 1. The minimum absolute atomic E-state index is 0.0160. The lowest BCUT2D eigenvalue weighted by atomic mass is 9.95. The third-order valence-electron chi connectivity index (χ3n) is 5.47. The molecule has 30 heavy (non-hydrogen) atoms. The van der Waals surface area contributed by atoms with Crippen molar-refractivity contribution in [3.63, 3.8) is 0 Å². The Hall–Kier alpha value is -2.67. The fraction of sp³-hybridized carbons (Fsp3) is 0.391. The Kier molecular flexibility index (Phi) is 6.18. The van der Waals surface area contributed by atoms with Crippen LogP contribution in [0.1, 0.15) is 44.6 Å². The minimum Gasteiger partial charge on any atom is -0.352 e. The number of nitrogens with one attached hydrogen (secondary N) is 1. The summed E-state index contributed by atoms with van der Waals surface area (Å²) in [5, 5.41) is 3.79. The van der Waals surface area contributed by atoms with E-state index in [0.29, 0.717) is 21.9 Å². The molecule has 1 unspecified atom stereocenters. The zero-order valence-electron chi connectivity index (χ0n) is 17.3. The molecule has 1 aromatic carbocycles. The third-order valence-corrected chi connectivity index (χ3v) is 6.53. The van der Waals surface area contributed by atoms with Crippen LogP contribution in [0.3, 0.4) is 0 Å². The van der Waals surface area contributed by atoms with Gasteiger partial charge in [-0.3, -0.25) is 9.59 Å². The number of para-hydroxylation sites is 1. The lowest BCUT2D eigenvalue weighted by Gasteiger charge is -2.24. The van der Waals surface area contributed by atoms with Crippen molar-refractivity contribution in [2.75, 3.05) is 0 Å². The van der Waals surface area contributed by atoms with Crippen LogP contribution in [0.2, 0.25) is 0 Å². The highest BCUT2D eigenvalue weighted by Crippen LogP contribution is 2.25. The molecule has 7 heteroatoms. The van der Waals surface area contributed by atoms with Crippen LogP contribution in [-0.4, -0.2) is 31.7 Å². The van der Waals surface area contributed by atoms with E-state index < -0.39 is 0 Å². The number of benzene rings is 1. The van der Waals surface area contributed by atoms with E-state index in [-0.39, 0.29) is 22.8 Å². The number of aryl methyl sites for hydroxylation is 1. The zero-order chi connectivity index (χ0) is 21.1. The smallest absolute Gasteiger partial charge is 0.267 e. The molecule has 1 amide bonds. The predicted molar refractivity (Wildman–Crippen MR) is 120 cm³/mol. The maximum atomic E-state index is 13.3. The number of amides is 1. The number of carbonyl (C=O) groups is 1. The highest BCUT2D eigenvalue weighted by atomic mass is 32.2. The van der Waals surface area contributed by atoms with Gasteiger partial charge in [0, 0.05) is 12.2 Å². The Morgan fingerprint density at radius 1 is 1.17 bits per heavy atom. The second kappa shape index (κ2) is 9.00. The molecule has 2 heterocycles. The van der Waals surface area contributed by atoms with Crippen molar-refractivity contribution in [1.29, 1.82) is 0 Å². The predicted octanol–water partition coefficient (Wildman–Crippen LogP) is 4.02. The van der Waals surface area contributed by atoms with Crippen molar-refractivity contribution in [2.45, 2.75) is 62.4 Å². The van der Waals surface area contributed by atoms with Crippen LogP contribution >= 0.6 is 11.8 Å². The Labute approximate surface area is 180 Å². The quantitative estimate of drug-likeness (QED) is 0.496. The maximum Gasteiger partial charge on any atom is 0.267 e. The number of rotatable bonds is 5. The number of aromatic nitrogens is 3. The van der Waals surface area contributed by atoms with Crippen molar-refractivity contribution in [3.8, 4) is 5.82 Å². The molecule has 4 rings (SSSR count). The van der Waals surface area contributed by atoms with Gasteiger partial charge in [0.2, 0.25) is 5.91 Å². The number of nitrogens with zero attached hydrogens (tertiary/aromatic N) is 3. The molecule has 1 saturated carbocycles. The van der Waals surface area contributed by atoms with Gasteiger partial charge in [-0.2, -0.15) is 0 Å². The van der Waals surface area contributed by atoms with E-state index >= 15 is 0 Å². The molecule has 0 bridgehead atoms. The number of fused-ring (bicyclic) bond motifs is 1. The second-order valence-electron chi connectivity index (χ2n) is 7.85. The molecular weight excluding hydrogens is 396 g/mol. The molecule has 1 aliphatic rings. The molecule has 1 atom stereocenters. The van der Waals surface area contributed by atoms with E-state index in [1.807, 2.05) is 44.2 Å². The van der Waals surface area contributed by atoms with Crippen molar-refractivity contribution in [3.05, 3.63) is 58.5 Å².